The van der Waals surface area contributed by atoms with Crippen molar-refractivity contribution in [3.63, 3.8) is 0 Å². The Bertz CT molecular complexity index is 1060. The Morgan fingerprint density at radius 2 is 2.03 bits per heavy atom. The number of aliphatic hydroxyl groups excluding tert-OH is 2. The van der Waals surface area contributed by atoms with E-state index in [0.29, 0.717) is 18.0 Å². The van der Waals surface area contributed by atoms with Crippen molar-refractivity contribution >= 4 is 16.8 Å². The molecule has 4 atom stereocenters. The lowest BCUT2D eigenvalue weighted by molar-refractivity contribution is 0.0759. The van der Waals surface area contributed by atoms with Crippen LogP contribution in [0.4, 0.5) is 0 Å². The molecule has 0 radical (unpaired) electrons. The van der Waals surface area contributed by atoms with E-state index in [1.165, 1.54) is 0 Å². The molecular weight excluding hydrogens is 368 g/mol. The van der Waals surface area contributed by atoms with Gasteiger partial charge in [-0.2, -0.15) is 0 Å². The number of carbonyl (C=O) groups is 1. The van der Waals surface area contributed by atoms with E-state index in [4.69, 9.17) is 4.74 Å². The van der Waals surface area contributed by atoms with Crippen LogP contribution in [0.2, 0.25) is 0 Å². The summed E-state index contributed by atoms with van der Waals surface area (Å²) < 4.78 is 5.39. The number of ether oxygens (including phenoxy) is 1. The second kappa shape index (κ2) is 6.61. The number of benzene rings is 2. The molecule has 1 amide bonds. The molecule has 6 heteroatoms. The summed E-state index contributed by atoms with van der Waals surface area (Å²) >= 11 is 0. The third-order valence-corrected chi connectivity index (χ3v) is 6.76. The first kappa shape index (κ1) is 18.2. The van der Waals surface area contributed by atoms with Gasteiger partial charge in [-0.15, -0.1) is 0 Å². The summed E-state index contributed by atoms with van der Waals surface area (Å²) in [6, 6.07) is 17.4. The van der Waals surface area contributed by atoms with Crippen molar-refractivity contribution in [1.82, 2.24) is 9.88 Å². The summed E-state index contributed by atoms with van der Waals surface area (Å²) in [6.45, 7) is 0.706. The number of methoxy groups -OCH3 is 1. The van der Waals surface area contributed by atoms with Gasteiger partial charge in [0.05, 0.1) is 13.2 Å². The van der Waals surface area contributed by atoms with Gasteiger partial charge < -0.3 is 24.8 Å². The Hall–Kier alpha value is -2.83. The van der Waals surface area contributed by atoms with Crippen molar-refractivity contribution < 1.29 is 19.7 Å². The number of rotatable bonds is 4. The molecule has 5 rings (SSSR count). The highest BCUT2D eigenvalue weighted by Gasteiger charge is 2.71. The zero-order valence-electron chi connectivity index (χ0n) is 16.2. The second-order valence-electron chi connectivity index (χ2n) is 8.10. The number of nitrogens with zero attached hydrogens (tertiary/aromatic N) is 1. The largest absolute Gasteiger partial charge is 0.496 e. The Kier molecular flexibility index (Phi) is 4.15. The number of amides is 1. The lowest BCUT2D eigenvalue weighted by Gasteiger charge is -2.16. The van der Waals surface area contributed by atoms with Crippen molar-refractivity contribution in [2.75, 3.05) is 26.8 Å². The minimum atomic E-state index is -0.660. The number of likely N-dealkylation sites (tertiary alicyclic amines) is 1. The normalized spacial score (nSPS) is 28.2. The van der Waals surface area contributed by atoms with Gasteiger partial charge in [-0.1, -0.05) is 36.4 Å². The molecule has 1 saturated heterocycles. The monoisotopic (exact) mass is 392 g/mol. The van der Waals surface area contributed by atoms with Crippen LogP contribution in [-0.4, -0.2) is 58.9 Å². The van der Waals surface area contributed by atoms with Gasteiger partial charge in [0.1, 0.15) is 11.4 Å². The number of H-pyrrole nitrogens is 1. The summed E-state index contributed by atoms with van der Waals surface area (Å²) in [5, 5.41) is 21.7. The molecule has 3 aromatic rings. The third-order valence-electron chi connectivity index (χ3n) is 6.76. The zero-order chi connectivity index (χ0) is 20.2. The van der Waals surface area contributed by atoms with Gasteiger partial charge in [0.2, 0.25) is 0 Å². The van der Waals surface area contributed by atoms with Crippen molar-refractivity contribution in [2.24, 2.45) is 11.3 Å². The van der Waals surface area contributed by atoms with Crippen molar-refractivity contribution in [3.05, 3.63) is 65.9 Å². The maximum atomic E-state index is 13.2. The highest BCUT2D eigenvalue weighted by Crippen LogP contribution is 2.68. The van der Waals surface area contributed by atoms with E-state index in [2.05, 4.69) is 4.98 Å². The molecule has 3 N–H and O–H groups in total. The highest BCUT2D eigenvalue weighted by molar-refractivity contribution is 6.00. The van der Waals surface area contributed by atoms with E-state index in [0.717, 1.165) is 16.5 Å². The van der Waals surface area contributed by atoms with E-state index in [1.54, 1.807) is 18.1 Å². The molecule has 2 fully saturated rings. The zero-order valence-corrected chi connectivity index (χ0v) is 16.2. The summed E-state index contributed by atoms with van der Waals surface area (Å²) in [5.41, 5.74) is 1.94. The predicted molar refractivity (Wildman–Crippen MR) is 109 cm³/mol. The molecule has 6 nitrogen and oxygen atoms in total. The SMILES string of the molecule is COc1cccc2[nH]c(C(=O)N3C[C@@H](O)[C@@]4(C3)[C@H](CO)[C@H]4c3ccccc3)cc12. The molecule has 2 heterocycles. The van der Waals surface area contributed by atoms with Gasteiger partial charge in [-0.05, 0) is 35.6 Å². The van der Waals surface area contributed by atoms with Crippen LogP contribution in [0.1, 0.15) is 22.0 Å². The number of carbonyl (C=O) groups excluding carboxylic acids is 1. The van der Waals surface area contributed by atoms with Crippen LogP contribution >= 0.6 is 0 Å². The maximum absolute atomic E-state index is 13.2. The number of aromatic amines is 1. The van der Waals surface area contributed by atoms with Crippen LogP contribution in [0, 0.1) is 11.3 Å². The molecule has 150 valence electrons. The van der Waals surface area contributed by atoms with Crippen molar-refractivity contribution in [1.29, 1.82) is 0 Å². The number of aliphatic hydroxyl groups is 2. The van der Waals surface area contributed by atoms with E-state index in [9.17, 15) is 15.0 Å². The fraction of sp³-hybridized carbons (Fsp3) is 0.348. The van der Waals surface area contributed by atoms with Crippen LogP contribution in [0.5, 0.6) is 5.75 Å². The van der Waals surface area contributed by atoms with Crippen LogP contribution in [0.15, 0.2) is 54.6 Å². The Morgan fingerprint density at radius 1 is 1.24 bits per heavy atom. The van der Waals surface area contributed by atoms with Crippen LogP contribution < -0.4 is 4.74 Å². The van der Waals surface area contributed by atoms with Crippen molar-refractivity contribution in [2.45, 2.75) is 12.0 Å². The molecular formula is C23H24N2O4. The van der Waals surface area contributed by atoms with Crippen LogP contribution in [0.3, 0.4) is 0 Å². The summed E-state index contributed by atoms with van der Waals surface area (Å²) in [7, 11) is 1.61. The summed E-state index contributed by atoms with van der Waals surface area (Å²) in [4.78, 5) is 18.1. The first-order valence-corrected chi connectivity index (χ1v) is 9.89. The molecule has 2 aromatic carbocycles. The fourth-order valence-corrected chi connectivity index (χ4v) is 5.31. The van der Waals surface area contributed by atoms with Gasteiger partial charge in [0.25, 0.3) is 5.91 Å². The molecule has 1 aliphatic carbocycles. The fourth-order valence-electron chi connectivity index (χ4n) is 5.31. The minimum Gasteiger partial charge on any atom is -0.496 e. The molecule has 0 unspecified atom stereocenters. The summed E-state index contributed by atoms with van der Waals surface area (Å²) in [6.07, 6.45) is -0.660. The molecule has 1 aliphatic heterocycles. The Labute approximate surface area is 168 Å². The molecule has 1 aromatic heterocycles. The molecule has 1 saturated carbocycles. The lowest BCUT2D eigenvalue weighted by Crippen LogP contribution is -2.30. The smallest absolute Gasteiger partial charge is 0.270 e. The van der Waals surface area contributed by atoms with Gasteiger partial charge in [-0.25, -0.2) is 0 Å². The van der Waals surface area contributed by atoms with Crippen molar-refractivity contribution in [3.8, 4) is 5.75 Å². The topological polar surface area (TPSA) is 85.8 Å². The average Bonchev–Trinajstić information content (AvgIpc) is 3.01. The highest BCUT2D eigenvalue weighted by atomic mass is 16.5. The van der Waals surface area contributed by atoms with Gasteiger partial charge >= 0.3 is 0 Å². The van der Waals surface area contributed by atoms with E-state index in [-0.39, 0.29) is 30.9 Å². The average molecular weight is 392 g/mol. The van der Waals surface area contributed by atoms with Gasteiger partial charge in [0.15, 0.2) is 0 Å². The quantitative estimate of drug-likeness (QED) is 0.636. The lowest BCUT2D eigenvalue weighted by atomic mass is 9.95. The Balaban J connectivity index is 1.43. The Morgan fingerprint density at radius 3 is 2.76 bits per heavy atom. The first-order valence-electron chi connectivity index (χ1n) is 9.89. The minimum absolute atomic E-state index is 0.00222. The predicted octanol–water partition coefficient (Wildman–Crippen LogP) is 2.39. The molecule has 29 heavy (non-hydrogen) atoms. The number of β-amino-alcohol motifs (C(OH)–C–C–N with tert-alkyl or cyclic N) is 1. The van der Waals surface area contributed by atoms with E-state index >= 15 is 0 Å². The van der Waals surface area contributed by atoms with Gasteiger partial charge in [0, 0.05) is 36.0 Å². The van der Waals surface area contributed by atoms with Crippen LogP contribution in [0.25, 0.3) is 10.9 Å². The third kappa shape index (κ3) is 2.59. The first-order chi connectivity index (χ1) is 14.1. The molecule has 1 spiro atoms. The number of fused-ring (bicyclic) bond motifs is 1. The number of nitrogens with one attached hydrogen (secondary N) is 1. The van der Waals surface area contributed by atoms with E-state index in [1.807, 2.05) is 48.5 Å². The van der Waals surface area contributed by atoms with Gasteiger partial charge in [-0.3, -0.25) is 4.79 Å². The summed E-state index contributed by atoms with van der Waals surface area (Å²) in [5.74, 6) is 0.585. The van der Waals surface area contributed by atoms with Crippen LogP contribution in [-0.2, 0) is 0 Å². The van der Waals surface area contributed by atoms with E-state index < -0.39 is 11.5 Å². The second-order valence-corrected chi connectivity index (χ2v) is 8.10. The standard InChI is InChI=1S/C23H24N2O4/c1-29-19-9-5-8-17-15(19)10-18(24-17)22(28)25-11-20(27)23(13-25)16(12-26)21(23)14-6-3-2-4-7-14/h2-10,16,20-21,24,26-27H,11-13H2,1H3/t16-,20-,21-,23-/m1/s1. The molecule has 0 bridgehead atoms. The number of hydrogen-bond acceptors (Lipinski definition) is 4. The maximum Gasteiger partial charge on any atom is 0.270 e. The number of aromatic nitrogens is 1. The molecule has 2 aliphatic rings. The number of hydrogen-bond donors (Lipinski definition) is 3.